The summed E-state index contributed by atoms with van der Waals surface area (Å²) in [6, 6.07) is 19.8. The number of methoxy groups -OCH3 is 1. The largest absolute Gasteiger partial charge is 0.493 e. The average molecular weight is 675 g/mol. The van der Waals surface area contributed by atoms with Gasteiger partial charge in [-0.15, -0.1) is 0 Å². The quantitative estimate of drug-likeness (QED) is 0.124. The molecule has 3 amide bonds. The maximum absolute atomic E-state index is 13.8. The molecule has 2 N–H and O–H groups in total. The molecule has 49 heavy (non-hydrogen) atoms. The van der Waals surface area contributed by atoms with E-state index in [0.717, 1.165) is 63.2 Å². The summed E-state index contributed by atoms with van der Waals surface area (Å²) in [6.45, 7) is 11.6. The van der Waals surface area contributed by atoms with Gasteiger partial charge in [-0.2, -0.15) is 0 Å². The Kier molecular flexibility index (Phi) is 15.5. The second-order valence-corrected chi connectivity index (χ2v) is 12.2. The summed E-state index contributed by atoms with van der Waals surface area (Å²) in [5.41, 5.74) is 1.90. The number of urea groups is 1. The zero-order chi connectivity index (χ0) is 34.8. The van der Waals surface area contributed by atoms with E-state index in [9.17, 15) is 9.59 Å². The van der Waals surface area contributed by atoms with Crippen LogP contribution in [0.5, 0.6) is 23.0 Å². The molecule has 1 fully saturated rings. The van der Waals surface area contributed by atoms with Crippen molar-refractivity contribution in [2.24, 2.45) is 0 Å². The smallest absolute Gasteiger partial charge is 0.319 e. The zero-order valence-corrected chi connectivity index (χ0v) is 29.7. The molecule has 266 valence electrons. The van der Waals surface area contributed by atoms with Gasteiger partial charge >= 0.3 is 6.03 Å². The molecule has 0 bridgehead atoms. The van der Waals surface area contributed by atoms with E-state index in [1.165, 1.54) is 12.8 Å². The summed E-state index contributed by atoms with van der Waals surface area (Å²) in [6.07, 6.45) is 7.80. The summed E-state index contributed by atoms with van der Waals surface area (Å²) >= 11 is 0. The van der Waals surface area contributed by atoms with E-state index in [1.807, 2.05) is 55.5 Å². The second kappa shape index (κ2) is 20.3. The van der Waals surface area contributed by atoms with Crippen LogP contribution in [0.4, 0.5) is 16.2 Å². The lowest BCUT2D eigenvalue weighted by Gasteiger charge is -2.32. The Hall–Kier alpha value is -4.28. The number of carbonyl (C=O) groups excluding carboxylic acids is 2. The van der Waals surface area contributed by atoms with Gasteiger partial charge in [-0.05, 0) is 99.8 Å². The fourth-order valence-electron chi connectivity index (χ4n) is 5.71. The fourth-order valence-corrected chi connectivity index (χ4v) is 5.71. The van der Waals surface area contributed by atoms with Crippen LogP contribution in [-0.2, 0) is 4.74 Å². The van der Waals surface area contributed by atoms with Crippen molar-refractivity contribution in [3.63, 3.8) is 0 Å². The molecular formula is C39H54N4O6. The number of piperidine rings is 1. The van der Waals surface area contributed by atoms with E-state index in [2.05, 4.69) is 29.4 Å². The Bertz CT molecular complexity index is 1420. The fraction of sp³-hybridized carbons (Fsp3) is 0.487. The third kappa shape index (κ3) is 12.0. The Morgan fingerprint density at radius 3 is 2.24 bits per heavy atom. The Labute approximate surface area is 292 Å². The minimum atomic E-state index is -0.260. The molecule has 10 nitrogen and oxygen atoms in total. The van der Waals surface area contributed by atoms with Gasteiger partial charge in [-0.3, -0.25) is 4.79 Å². The number of nitrogens with zero attached hydrogens (tertiary/aromatic N) is 2. The van der Waals surface area contributed by atoms with Gasteiger partial charge in [-0.1, -0.05) is 33.1 Å². The number of unbranched alkanes of at least 4 members (excludes halogenated alkanes) is 3. The van der Waals surface area contributed by atoms with Crippen molar-refractivity contribution in [2.45, 2.75) is 71.8 Å². The Balaban J connectivity index is 1.37. The third-order valence-corrected chi connectivity index (χ3v) is 8.54. The van der Waals surface area contributed by atoms with E-state index in [1.54, 1.807) is 30.2 Å². The van der Waals surface area contributed by atoms with Gasteiger partial charge in [0.25, 0.3) is 5.91 Å². The molecule has 0 spiro atoms. The maximum Gasteiger partial charge on any atom is 0.319 e. The van der Waals surface area contributed by atoms with E-state index in [0.29, 0.717) is 54.8 Å². The highest BCUT2D eigenvalue weighted by Crippen LogP contribution is 2.35. The van der Waals surface area contributed by atoms with Crippen molar-refractivity contribution in [1.82, 2.24) is 10.2 Å². The van der Waals surface area contributed by atoms with Crippen LogP contribution in [-0.4, -0.2) is 76.0 Å². The minimum Gasteiger partial charge on any atom is -0.493 e. The molecule has 0 radical (unpaired) electrons. The van der Waals surface area contributed by atoms with Gasteiger partial charge in [0.15, 0.2) is 11.5 Å². The number of rotatable bonds is 19. The Morgan fingerprint density at radius 1 is 0.857 bits per heavy atom. The predicted octanol–water partition coefficient (Wildman–Crippen LogP) is 8.13. The van der Waals surface area contributed by atoms with Crippen LogP contribution in [0.2, 0.25) is 0 Å². The summed E-state index contributed by atoms with van der Waals surface area (Å²) < 4.78 is 23.6. The summed E-state index contributed by atoms with van der Waals surface area (Å²) in [4.78, 5) is 30.2. The van der Waals surface area contributed by atoms with Gasteiger partial charge in [0.05, 0.1) is 13.7 Å². The van der Waals surface area contributed by atoms with Crippen molar-refractivity contribution in [2.75, 3.05) is 63.3 Å². The number of likely N-dealkylation sites (tertiary alicyclic amines) is 1. The molecular weight excluding hydrogens is 620 g/mol. The molecule has 4 rings (SSSR count). The van der Waals surface area contributed by atoms with Crippen LogP contribution in [0.25, 0.3) is 0 Å². The van der Waals surface area contributed by atoms with Crippen LogP contribution in [0, 0.1) is 0 Å². The highest BCUT2D eigenvalue weighted by molar-refractivity contribution is 6.06. The number of benzene rings is 3. The monoisotopic (exact) mass is 674 g/mol. The number of carbonyl (C=O) groups is 2. The lowest BCUT2D eigenvalue weighted by atomic mass is 10.1. The summed E-state index contributed by atoms with van der Waals surface area (Å²) in [5.74, 6) is 2.22. The average Bonchev–Trinajstić information content (AvgIpc) is 3.13. The standard InChI is InChI=1S/C39H54N4O6/c1-5-8-10-23-40-39(45)41-31-13-20-36(37(29-31)46-4)49-34-18-14-32(15-19-34)43(27-28-47-7-3)38(44)30-11-16-33(17-12-30)48-35-21-25-42(26-22-35)24-9-6-2/h11-20,29,35H,5-10,21-28H2,1-4H3,(H2,40,41,45). The molecule has 1 aliphatic heterocycles. The number of amides is 3. The van der Waals surface area contributed by atoms with Crippen LogP contribution in [0.1, 0.15) is 76.1 Å². The number of ether oxygens (including phenoxy) is 4. The van der Waals surface area contributed by atoms with Crippen molar-refractivity contribution in [3.05, 3.63) is 72.3 Å². The highest BCUT2D eigenvalue weighted by Gasteiger charge is 2.22. The van der Waals surface area contributed by atoms with E-state index >= 15 is 0 Å². The van der Waals surface area contributed by atoms with Gasteiger partial charge < -0.3 is 39.4 Å². The van der Waals surface area contributed by atoms with Gasteiger partial charge in [-0.25, -0.2) is 4.79 Å². The second-order valence-electron chi connectivity index (χ2n) is 12.2. The zero-order valence-electron chi connectivity index (χ0n) is 29.7. The lowest BCUT2D eigenvalue weighted by molar-refractivity contribution is 0.0964. The summed E-state index contributed by atoms with van der Waals surface area (Å²) in [5, 5.41) is 5.70. The van der Waals surface area contributed by atoms with Crippen LogP contribution in [0.15, 0.2) is 66.7 Å². The predicted molar refractivity (Wildman–Crippen MR) is 196 cm³/mol. The molecule has 3 aromatic rings. The first-order valence-corrected chi connectivity index (χ1v) is 17.8. The number of anilines is 2. The molecule has 0 saturated carbocycles. The van der Waals surface area contributed by atoms with E-state index in [4.69, 9.17) is 18.9 Å². The molecule has 3 aromatic carbocycles. The maximum atomic E-state index is 13.8. The molecule has 10 heteroatoms. The van der Waals surface area contributed by atoms with Gasteiger partial charge in [0, 0.05) is 55.8 Å². The molecule has 0 aromatic heterocycles. The van der Waals surface area contributed by atoms with E-state index in [-0.39, 0.29) is 18.0 Å². The first-order valence-electron chi connectivity index (χ1n) is 17.8. The van der Waals surface area contributed by atoms with Crippen molar-refractivity contribution in [3.8, 4) is 23.0 Å². The molecule has 1 heterocycles. The Morgan fingerprint density at radius 2 is 1.57 bits per heavy atom. The lowest BCUT2D eigenvalue weighted by Crippen LogP contribution is -2.38. The first-order chi connectivity index (χ1) is 23.9. The minimum absolute atomic E-state index is 0.122. The number of nitrogens with one attached hydrogen (secondary N) is 2. The first kappa shape index (κ1) is 37.5. The number of hydrogen-bond donors (Lipinski definition) is 2. The summed E-state index contributed by atoms with van der Waals surface area (Å²) in [7, 11) is 1.55. The van der Waals surface area contributed by atoms with Crippen molar-refractivity contribution >= 4 is 23.3 Å². The molecule has 1 aliphatic rings. The molecule has 0 atom stereocenters. The van der Waals surface area contributed by atoms with E-state index < -0.39 is 0 Å². The van der Waals surface area contributed by atoms with Gasteiger partial charge in [0.2, 0.25) is 0 Å². The molecule has 0 unspecified atom stereocenters. The molecule has 0 aliphatic carbocycles. The van der Waals surface area contributed by atoms with Crippen LogP contribution < -0.4 is 29.7 Å². The SMILES string of the molecule is CCCCCNC(=O)Nc1ccc(Oc2ccc(N(CCOCC)C(=O)c3ccc(OC4CCN(CCCC)CC4)cc3)cc2)c(OC)c1. The van der Waals surface area contributed by atoms with Crippen molar-refractivity contribution < 1.29 is 28.5 Å². The topological polar surface area (TPSA) is 102 Å². The van der Waals surface area contributed by atoms with Crippen LogP contribution >= 0.6 is 0 Å². The third-order valence-electron chi connectivity index (χ3n) is 8.54. The van der Waals surface area contributed by atoms with Gasteiger partial charge in [0.1, 0.15) is 17.6 Å². The molecule has 1 saturated heterocycles. The normalized spacial score (nSPS) is 13.5. The number of hydrogen-bond acceptors (Lipinski definition) is 7. The van der Waals surface area contributed by atoms with Crippen molar-refractivity contribution in [1.29, 1.82) is 0 Å². The highest BCUT2D eigenvalue weighted by atomic mass is 16.5. The van der Waals surface area contributed by atoms with Crippen LogP contribution in [0.3, 0.4) is 0 Å².